The van der Waals surface area contributed by atoms with Crippen molar-refractivity contribution in [3.8, 4) is 0 Å². The van der Waals surface area contributed by atoms with Crippen molar-refractivity contribution < 1.29 is 8.42 Å². The summed E-state index contributed by atoms with van der Waals surface area (Å²) in [6.07, 6.45) is 0.742. The second kappa shape index (κ2) is 6.47. The van der Waals surface area contributed by atoms with Crippen LogP contribution >= 0.6 is 11.6 Å². The van der Waals surface area contributed by atoms with Crippen molar-refractivity contribution in [2.24, 2.45) is 5.73 Å². The van der Waals surface area contributed by atoms with Crippen LogP contribution in [0.2, 0.25) is 5.02 Å². The predicted molar refractivity (Wildman–Crippen MR) is 86.0 cm³/mol. The van der Waals surface area contributed by atoms with Crippen LogP contribution in [0.3, 0.4) is 0 Å². The summed E-state index contributed by atoms with van der Waals surface area (Å²) in [6.45, 7) is 2.24. The van der Waals surface area contributed by atoms with Crippen molar-refractivity contribution >= 4 is 27.3 Å². The minimum absolute atomic E-state index is 0.121. The SMILES string of the molecule is CCc1ccccc1NS(=O)(=O)c1ccc(CN)c(Cl)c1. The van der Waals surface area contributed by atoms with E-state index >= 15 is 0 Å². The lowest BCUT2D eigenvalue weighted by Gasteiger charge is -2.12. The number of nitrogens with two attached hydrogens (primary N) is 1. The van der Waals surface area contributed by atoms with E-state index in [-0.39, 0.29) is 11.4 Å². The summed E-state index contributed by atoms with van der Waals surface area (Å²) in [5.74, 6) is 0. The van der Waals surface area contributed by atoms with Gasteiger partial charge in [0.05, 0.1) is 10.6 Å². The number of nitrogens with one attached hydrogen (secondary N) is 1. The van der Waals surface area contributed by atoms with E-state index in [4.69, 9.17) is 17.3 Å². The summed E-state index contributed by atoms with van der Waals surface area (Å²) in [5, 5.41) is 0.351. The number of sulfonamides is 1. The molecule has 0 radical (unpaired) electrons. The molecule has 0 aliphatic carbocycles. The van der Waals surface area contributed by atoms with Crippen LogP contribution in [0.5, 0.6) is 0 Å². The van der Waals surface area contributed by atoms with Gasteiger partial charge in [0.25, 0.3) is 10.0 Å². The van der Waals surface area contributed by atoms with E-state index in [0.717, 1.165) is 12.0 Å². The Labute approximate surface area is 130 Å². The van der Waals surface area contributed by atoms with Gasteiger partial charge >= 0.3 is 0 Å². The van der Waals surface area contributed by atoms with Gasteiger partial charge < -0.3 is 5.73 Å². The number of anilines is 1. The van der Waals surface area contributed by atoms with Crippen molar-refractivity contribution in [1.82, 2.24) is 0 Å². The molecule has 112 valence electrons. The van der Waals surface area contributed by atoms with E-state index in [2.05, 4.69) is 4.72 Å². The van der Waals surface area contributed by atoms with Crippen LogP contribution in [0.25, 0.3) is 0 Å². The highest BCUT2D eigenvalue weighted by atomic mass is 35.5. The Kier molecular flexibility index (Phi) is 4.88. The molecular weight excluding hydrogens is 308 g/mol. The van der Waals surface area contributed by atoms with Crippen LogP contribution in [0.1, 0.15) is 18.1 Å². The molecule has 0 aromatic heterocycles. The average Bonchev–Trinajstić information content (AvgIpc) is 2.47. The van der Waals surface area contributed by atoms with Crippen molar-refractivity contribution in [2.75, 3.05) is 4.72 Å². The summed E-state index contributed by atoms with van der Waals surface area (Å²) in [5.41, 5.74) is 7.75. The Morgan fingerprint density at radius 2 is 1.86 bits per heavy atom. The Morgan fingerprint density at radius 1 is 1.14 bits per heavy atom. The number of benzene rings is 2. The Hall–Kier alpha value is -1.56. The molecule has 0 aliphatic rings. The van der Waals surface area contributed by atoms with E-state index in [9.17, 15) is 8.42 Å². The number of rotatable bonds is 5. The summed E-state index contributed by atoms with van der Waals surface area (Å²) < 4.78 is 27.4. The Balaban J connectivity index is 2.36. The van der Waals surface area contributed by atoms with Crippen molar-refractivity contribution in [3.05, 3.63) is 58.6 Å². The monoisotopic (exact) mass is 324 g/mol. The zero-order valence-electron chi connectivity index (χ0n) is 11.6. The van der Waals surface area contributed by atoms with Gasteiger partial charge in [-0.05, 0) is 35.7 Å². The molecule has 0 amide bonds. The van der Waals surface area contributed by atoms with Gasteiger partial charge in [0.2, 0.25) is 0 Å². The maximum Gasteiger partial charge on any atom is 0.261 e. The molecule has 2 aromatic carbocycles. The second-order valence-electron chi connectivity index (χ2n) is 4.57. The van der Waals surface area contributed by atoms with Gasteiger partial charge in [0.1, 0.15) is 0 Å². The maximum absolute atomic E-state index is 12.4. The van der Waals surface area contributed by atoms with Gasteiger partial charge in [0.15, 0.2) is 0 Å². The Bertz CT molecular complexity index is 745. The third-order valence-electron chi connectivity index (χ3n) is 3.20. The molecule has 2 aromatic rings. The minimum atomic E-state index is -3.67. The zero-order chi connectivity index (χ0) is 15.5. The molecule has 0 aliphatic heterocycles. The first-order chi connectivity index (χ1) is 9.97. The van der Waals surface area contributed by atoms with Gasteiger partial charge in [-0.2, -0.15) is 0 Å². The van der Waals surface area contributed by atoms with Gasteiger partial charge in [0, 0.05) is 11.6 Å². The standard InChI is InChI=1S/C15H17ClN2O2S/c1-2-11-5-3-4-6-15(11)18-21(19,20)13-8-7-12(10-17)14(16)9-13/h3-9,18H,2,10,17H2,1H3. The molecule has 2 rings (SSSR count). The molecule has 0 unspecified atom stereocenters. The molecule has 3 N–H and O–H groups in total. The van der Waals surface area contributed by atoms with E-state index < -0.39 is 10.0 Å². The van der Waals surface area contributed by atoms with Crippen molar-refractivity contribution in [1.29, 1.82) is 0 Å². The molecule has 0 fully saturated rings. The van der Waals surface area contributed by atoms with Crippen LogP contribution in [0.15, 0.2) is 47.4 Å². The van der Waals surface area contributed by atoms with E-state index in [1.807, 2.05) is 19.1 Å². The van der Waals surface area contributed by atoms with Crippen LogP contribution in [0.4, 0.5) is 5.69 Å². The highest BCUT2D eigenvalue weighted by Gasteiger charge is 2.16. The fourth-order valence-corrected chi connectivity index (χ4v) is 3.44. The van der Waals surface area contributed by atoms with Crippen LogP contribution in [-0.4, -0.2) is 8.42 Å². The second-order valence-corrected chi connectivity index (χ2v) is 6.66. The molecule has 0 atom stereocenters. The van der Waals surface area contributed by atoms with Crippen LogP contribution in [-0.2, 0) is 23.0 Å². The van der Waals surface area contributed by atoms with Gasteiger partial charge in [-0.15, -0.1) is 0 Å². The summed E-state index contributed by atoms with van der Waals surface area (Å²) in [4.78, 5) is 0.121. The third kappa shape index (κ3) is 3.56. The highest BCUT2D eigenvalue weighted by Crippen LogP contribution is 2.24. The lowest BCUT2D eigenvalue weighted by molar-refractivity contribution is 0.601. The zero-order valence-corrected chi connectivity index (χ0v) is 13.2. The Morgan fingerprint density at radius 3 is 2.48 bits per heavy atom. The first-order valence-electron chi connectivity index (χ1n) is 6.57. The van der Waals surface area contributed by atoms with E-state index in [1.54, 1.807) is 18.2 Å². The van der Waals surface area contributed by atoms with Gasteiger partial charge in [-0.3, -0.25) is 4.72 Å². The van der Waals surface area contributed by atoms with Gasteiger partial charge in [-0.1, -0.05) is 42.8 Å². The first kappa shape index (κ1) is 15.8. The predicted octanol–water partition coefficient (Wildman–Crippen LogP) is 3.16. The summed E-state index contributed by atoms with van der Waals surface area (Å²) >= 11 is 6.02. The van der Waals surface area contributed by atoms with Gasteiger partial charge in [-0.25, -0.2) is 8.42 Å². The van der Waals surface area contributed by atoms with E-state index in [1.165, 1.54) is 12.1 Å². The number of halogens is 1. The maximum atomic E-state index is 12.4. The van der Waals surface area contributed by atoms with E-state index in [0.29, 0.717) is 16.3 Å². The van der Waals surface area contributed by atoms with Crippen molar-refractivity contribution in [3.63, 3.8) is 0 Å². The lowest BCUT2D eigenvalue weighted by Crippen LogP contribution is -2.14. The molecule has 6 heteroatoms. The number of hydrogen-bond donors (Lipinski definition) is 2. The average molecular weight is 325 g/mol. The normalized spacial score (nSPS) is 11.4. The fourth-order valence-electron chi connectivity index (χ4n) is 1.99. The quantitative estimate of drug-likeness (QED) is 0.887. The molecule has 21 heavy (non-hydrogen) atoms. The highest BCUT2D eigenvalue weighted by molar-refractivity contribution is 7.92. The minimum Gasteiger partial charge on any atom is -0.326 e. The molecule has 0 bridgehead atoms. The molecular formula is C15H17ClN2O2S. The molecule has 0 saturated carbocycles. The number of para-hydroxylation sites is 1. The van der Waals surface area contributed by atoms with Crippen LogP contribution < -0.4 is 10.5 Å². The summed E-state index contributed by atoms with van der Waals surface area (Å²) in [6, 6.07) is 11.9. The van der Waals surface area contributed by atoms with Crippen molar-refractivity contribution in [2.45, 2.75) is 24.8 Å². The lowest BCUT2D eigenvalue weighted by atomic mass is 10.1. The molecule has 0 saturated heterocycles. The van der Waals surface area contributed by atoms with Crippen LogP contribution in [0, 0.1) is 0 Å². The third-order valence-corrected chi connectivity index (χ3v) is 4.91. The molecule has 0 spiro atoms. The molecule has 0 heterocycles. The smallest absolute Gasteiger partial charge is 0.261 e. The number of hydrogen-bond acceptors (Lipinski definition) is 3. The molecule has 4 nitrogen and oxygen atoms in total. The fraction of sp³-hybridized carbons (Fsp3) is 0.200. The number of aryl methyl sites for hydroxylation is 1. The largest absolute Gasteiger partial charge is 0.326 e. The first-order valence-corrected chi connectivity index (χ1v) is 8.43. The summed E-state index contributed by atoms with van der Waals surface area (Å²) in [7, 11) is -3.67. The topological polar surface area (TPSA) is 72.2 Å².